The number of rotatable bonds is 5. The van der Waals surface area contributed by atoms with Gasteiger partial charge in [-0.1, -0.05) is 13.0 Å². The summed E-state index contributed by atoms with van der Waals surface area (Å²) >= 11 is 1.21. The first-order valence-corrected chi connectivity index (χ1v) is 6.05. The number of para-hydroxylation sites is 1. The summed E-state index contributed by atoms with van der Waals surface area (Å²) in [6.07, 6.45) is 0. The van der Waals surface area contributed by atoms with Gasteiger partial charge in [-0.2, -0.15) is 0 Å². The minimum atomic E-state index is -0.807. The fraction of sp³-hybridized carbons (Fsp3) is 0.364. The predicted molar refractivity (Wildman–Crippen MR) is 64.0 cm³/mol. The lowest BCUT2D eigenvalue weighted by Gasteiger charge is -2.09. The van der Waals surface area contributed by atoms with Crippen molar-refractivity contribution in [2.75, 3.05) is 17.7 Å². The molecule has 3 nitrogen and oxygen atoms in total. The molecule has 1 unspecified atom stereocenters. The van der Waals surface area contributed by atoms with Gasteiger partial charge >= 0.3 is 0 Å². The van der Waals surface area contributed by atoms with Gasteiger partial charge in [0.1, 0.15) is 17.3 Å². The SMILES string of the molecule is CC(CO)SCC(=O)Nc1c(F)cccc1F. The summed E-state index contributed by atoms with van der Waals surface area (Å²) in [7, 11) is 0. The van der Waals surface area contributed by atoms with Crippen LogP contribution in [0.15, 0.2) is 18.2 Å². The maximum Gasteiger partial charge on any atom is 0.234 e. The first-order valence-electron chi connectivity index (χ1n) is 5.01. The number of halogens is 2. The first-order chi connectivity index (χ1) is 8.04. The highest BCUT2D eigenvalue weighted by Gasteiger charge is 2.12. The summed E-state index contributed by atoms with van der Waals surface area (Å²) < 4.78 is 26.3. The van der Waals surface area contributed by atoms with E-state index in [1.54, 1.807) is 6.92 Å². The maximum atomic E-state index is 13.2. The van der Waals surface area contributed by atoms with Crippen LogP contribution in [0.5, 0.6) is 0 Å². The zero-order valence-electron chi connectivity index (χ0n) is 9.24. The van der Waals surface area contributed by atoms with Crippen molar-refractivity contribution in [3.8, 4) is 0 Å². The summed E-state index contributed by atoms with van der Waals surface area (Å²) in [6.45, 7) is 1.70. The molecule has 0 aliphatic heterocycles. The van der Waals surface area contributed by atoms with Crippen LogP contribution in [0.3, 0.4) is 0 Å². The van der Waals surface area contributed by atoms with E-state index in [1.807, 2.05) is 0 Å². The lowest BCUT2D eigenvalue weighted by molar-refractivity contribution is -0.113. The molecule has 1 aromatic rings. The molecule has 0 aliphatic carbocycles. The average Bonchev–Trinajstić information content (AvgIpc) is 2.31. The second-order valence-corrected chi connectivity index (χ2v) is 4.88. The lowest BCUT2D eigenvalue weighted by atomic mass is 10.3. The first kappa shape index (κ1) is 13.9. The Labute approximate surface area is 102 Å². The molecule has 0 bridgehead atoms. The number of benzene rings is 1. The van der Waals surface area contributed by atoms with Crippen LogP contribution >= 0.6 is 11.8 Å². The van der Waals surface area contributed by atoms with Gasteiger partial charge in [0.05, 0.1) is 12.4 Å². The zero-order chi connectivity index (χ0) is 12.8. The van der Waals surface area contributed by atoms with Crippen molar-refractivity contribution in [3.05, 3.63) is 29.8 Å². The summed E-state index contributed by atoms with van der Waals surface area (Å²) in [6, 6.07) is 3.37. The Kier molecular flexibility index (Phi) is 5.37. The van der Waals surface area contributed by atoms with Crippen LogP contribution in [0.25, 0.3) is 0 Å². The van der Waals surface area contributed by atoms with Crippen LogP contribution in [0.4, 0.5) is 14.5 Å². The summed E-state index contributed by atoms with van der Waals surface area (Å²) in [5, 5.41) is 10.8. The highest BCUT2D eigenvalue weighted by molar-refractivity contribution is 8.00. The summed E-state index contributed by atoms with van der Waals surface area (Å²) in [5.41, 5.74) is -0.435. The van der Waals surface area contributed by atoms with Crippen molar-refractivity contribution in [1.82, 2.24) is 0 Å². The van der Waals surface area contributed by atoms with Crippen molar-refractivity contribution in [1.29, 1.82) is 0 Å². The van der Waals surface area contributed by atoms with Crippen LogP contribution in [-0.4, -0.2) is 28.6 Å². The Hall–Kier alpha value is -1.14. The van der Waals surface area contributed by atoms with E-state index in [1.165, 1.54) is 17.8 Å². The monoisotopic (exact) mass is 261 g/mol. The van der Waals surface area contributed by atoms with E-state index in [2.05, 4.69) is 5.32 Å². The van der Waals surface area contributed by atoms with Crippen molar-refractivity contribution in [3.63, 3.8) is 0 Å². The third-order valence-electron chi connectivity index (χ3n) is 1.98. The fourth-order valence-corrected chi connectivity index (χ4v) is 1.68. The highest BCUT2D eigenvalue weighted by atomic mass is 32.2. The summed E-state index contributed by atoms with van der Waals surface area (Å²) in [4.78, 5) is 11.4. The van der Waals surface area contributed by atoms with Crippen LogP contribution in [-0.2, 0) is 4.79 Å². The molecule has 1 rings (SSSR count). The number of amides is 1. The molecular formula is C11H13F2NO2S. The standard InChI is InChI=1S/C11H13F2NO2S/c1-7(5-15)17-6-10(16)14-11-8(12)3-2-4-9(11)13/h2-4,7,15H,5-6H2,1H3,(H,14,16). The van der Waals surface area contributed by atoms with Gasteiger partial charge in [0.25, 0.3) is 0 Å². The van der Waals surface area contributed by atoms with Gasteiger partial charge < -0.3 is 10.4 Å². The molecule has 0 aliphatic rings. The van der Waals surface area contributed by atoms with Crippen LogP contribution in [0, 0.1) is 11.6 Å². The van der Waals surface area contributed by atoms with E-state index >= 15 is 0 Å². The highest BCUT2D eigenvalue weighted by Crippen LogP contribution is 2.18. The second-order valence-electron chi connectivity index (χ2n) is 3.45. The second kappa shape index (κ2) is 6.56. The van der Waals surface area contributed by atoms with Gasteiger partial charge in [0.15, 0.2) is 0 Å². The van der Waals surface area contributed by atoms with Gasteiger partial charge in [0.2, 0.25) is 5.91 Å². The third kappa shape index (κ3) is 4.32. The molecule has 0 saturated carbocycles. The Bertz CT molecular complexity index is 381. The molecule has 0 saturated heterocycles. The number of hydrogen-bond donors (Lipinski definition) is 2. The Balaban J connectivity index is 2.56. The number of carbonyl (C=O) groups excluding carboxylic acids is 1. The largest absolute Gasteiger partial charge is 0.395 e. The molecule has 0 radical (unpaired) electrons. The van der Waals surface area contributed by atoms with E-state index < -0.39 is 23.2 Å². The Morgan fingerprint density at radius 2 is 2.06 bits per heavy atom. The zero-order valence-corrected chi connectivity index (χ0v) is 10.1. The number of nitrogens with one attached hydrogen (secondary N) is 1. The topological polar surface area (TPSA) is 49.3 Å². The number of aliphatic hydroxyl groups excluding tert-OH is 1. The Morgan fingerprint density at radius 3 is 2.59 bits per heavy atom. The van der Waals surface area contributed by atoms with Gasteiger partial charge in [-0.15, -0.1) is 11.8 Å². The number of anilines is 1. The van der Waals surface area contributed by atoms with E-state index in [9.17, 15) is 13.6 Å². The molecule has 2 N–H and O–H groups in total. The van der Waals surface area contributed by atoms with E-state index in [0.29, 0.717) is 0 Å². The predicted octanol–water partition coefficient (Wildman–Crippen LogP) is 2.02. The smallest absolute Gasteiger partial charge is 0.234 e. The van der Waals surface area contributed by atoms with E-state index in [4.69, 9.17) is 5.11 Å². The molecule has 0 fully saturated rings. The van der Waals surface area contributed by atoms with Crippen molar-refractivity contribution < 1.29 is 18.7 Å². The number of carbonyl (C=O) groups is 1. The minimum Gasteiger partial charge on any atom is -0.395 e. The summed E-state index contributed by atoms with van der Waals surface area (Å²) in [5.74, 6) is -2.08. The van der Waals surface area contributed by atoms with Gasteiger partial charge in [0, 0.05) is 5.25 Å². The number of thioether (sulfide) groups is 1. The normalized spacial score (nSPS) is 12.2. The lowest BCUT2D eigenvalue weighted by Crippen LogP contribution is -2.18. The third-order valence-corrected chi connectivity index (χ3v) is 3.13. The molecule has 1 atom stereocenters. The van der Waals surface area contributed by atoms with Gasteiger partial charge in [-0.3, -0.25) is 4.79 Å². The van der Waals surface area contributed by atoms with E-state index in [0.717, 1.165) is 12.1 Å². The molecule has 17 heavy (non-hydrogen) atoms. The average molecular weight is 261 g/mol. The maximum absolute atomic E-state index is 13.2. The van der Waals surface area contributed by atoms with Crippen molar-refractivity contribution in [2.45, 2.75) is 12.2 Å². The molecule has 94 valence electrons. The fourth-order valence-electron chi connectivity index (χ4n) is 1.06. The number of hydrogen-bond acceptors (Lipinski definition) is 3. The molecular weight excluding hydrogens is 248 g/mol. The van der Waals surface area contributed by atoms with Crippen LogP contribution < -0.4 is 5.32 Å². The van der Waals surface area contributed by atoms with Gasteiger partial charge in [-0.05, 0) is 12.1 Å². The molecule has 6 heteroatoms. The van der Waals surface area contributed by atoms with Crippen LogP contribution in [0.1, 0.15) is 6.92 Å². The molecule has 0 spiro atoms. The molecule has 1 aromatic carbocycles. The van der Waals surface area contributed by atoms with Gasteiger partial charge in [-0.25, -0.2) is 8.78 Å². The van der Waals surface area contributed by atoms with E-state index in [-0.39, 0.29) is 17.6 Å². The van der Waals surface area contributed by atoms with Crippen molar-refractivity contribution in [2.24, 2.45) is 0 Å². The van der Waals surface area contributed by atoms with Crippen molar-refractivity contribution >= 4 is 23.4 Å². The molecule has 0 heterocycles. The number of aliphatic hydroxyl groups is 1. The molecule has 1 amide bonds. The quantitative estimate of drug-likeness (QED) is 0.852. The Morgan fingerprint density at radius 1 is 1.47 bits per heavy atom. The van der Waals surface area contributed by atoms with Crippen LogP contribution in [0.2, 0.25) is 0 Å². The molecule has 0 aromatic heterocycles. The minimum absolute atomic E-state index is 0.0372.